The van der Waals surface area contributed by atoms with Crippen LogP contribution in [0.15, 0.2) is 47.0 Å². The van der Waals surface area contributed by atoms with Crippen LogP contribution in [0.4, 0.5) is 4.39 Å². The maximum absolute atomic E-state index is 13.4. The smallest absolute Gasteiger partial charge is 0.258 e. The van der Waals surface area contributed by atoms with E-state index in [2.05, 4.69) is 10.1 Å². The van der Waals surface area contributed by atoms with Crippen LogP contribution in [0.2, 0.25) is 0 Å². The topological polar surface area (TPSA) is 77.7 Å². The second-order valence-electron chi connectivity index (χ2n) is 7.04. The second-order valence-corrected chi connectivity index (χ2v) is 7.04. The van der Waals surface area contributed by atoms with Gasteiger partial charge in [-0.25, -0.2) is 4.39 Å². The molecule has 1 aliphatic heterocycles. The molecule has 1 fully saturated rings. The van der Waals surface area contributed by atoms with E-state index in [1.807, 2.05) is 0 Å². The van der Waals surface area contributed by atoms with E-state index in [9.17, 15) is 9.18 Å². The Morgan fingerprint density at radius 1 is 1.13 bits per heavy atom. The Balaban J connectivity index is 1.62. The Morgan fingerprint density at radius 2 is 1.93 bits per heavy atom. The zero-order valence-electron chi connectivity index (χ0n) is 16.8. The number of benzene rings is 2. The van der Waals surface area contributed by atoms with E-state index in [1.54, 1.807) is 42.3 Å². The molecule has 2 aromatic carbocycles. The van der Waals surface area contributed by atoms with Gasteiger partial charge in [0.25, 0.3) is 5.91 Å². The summed E-state index contributed by atoms with van der Waals surface area (Å²) in [5.41, 5.74) is 1.10. The molecule has 3 aromatic rings. The predicted octanol–water partition coefficient (Wildman–Crippen LogP) is 4.26. The number of aromatic nitrogens is 2. The van der Waals surface area contributed by atoms with Crippen LogP contribution >= 0.6 is 0 Å². The summed E-state index contributed by atoms with van der Waals surface area (Å²) in [5.74, 6) is 1.29. The predicted molar refractivity (Wildman–Crippen MR) is 107 cm³/mol. The molecule has 0 saturated carbocycles. The van der Waals surface area contributed by atoms with Crippen molar-refractivity contribution in [1.82, 2.24) is 15.0 Å². The number of methoxy groups -OCH3 is 2. The highest BCUT2D eigenvalue weighted by Gasteiger charge is 2.34. The monoisotopic (exact) mass is 411 g/mol. The maximum atomic E-state index is 13.4. The number of nitrogens with zero attached hydrogens (tertiary/aromatic N) is 3. The first-order chi connectivity index (χ1) is 14.6. The van der Waals surface area contributed by atoms with Crippen molar-refractivity contribution >= 4 is 5.91 Å². The summed E-state index contributed by atoms with van der Waals surface area (Å²) in [7, 11) is 3.08. The minimum absolute atomic E-state index is 0.166. The standard InChI is InChI=1S/C22H22FN3O4/c1-28-16-10-11-17(19(13-16)29-2)22(27)26-12-4-3-5-18(26)21-24-20(25-30-21)14-6-8-15(23)9-7-14/h6-11,13,18H,3-5,12H2,1-2H3. The normalized spacial score (nSPS) is 16.4. The number of carbonyl (C=O) groups excluding carboxylic acids is 1. The number of hydrogen-bond donors (Lipinski definition) is 0. The molecule has 0 spiro atoms. The van der Waals surface area contributed by atoms with Crippen molar-refractivity contribution in [1.29, 1.82) is 0 Å². The summed E-state index contributed by atoms with van der Waals surface area (Å²) in [4.78, 5) is 19.6. The molecular formula is C22H22FN3O4. The lowest BCUT2D eigenvalue weighted by Gasteiger charge is -2.33. The zero-order valence-corrected chi connectivity index (χ0v) is 16.8. The van der Waals surface area contributed by atoms with E-state index in [-0.39, 0.29) is 17.8 Å². The first kappa shape index (κ1) is 19.9. The molecule has 1 amide bonds. The summed E-state index contributed by atoms with van der Waals surface area (Å²) < 4.78 is 29.3. The fourth-order valence-electron chi connectivity index (χ4n) is 3.65. The molecule has 0 aliphatic carbocycles. The summed E-state index contributed by atoms with van der Waals surface area (Å²) in [5, 5.41) is 4.03. The Bertz CT molecular complexity index is 1040. The highest BCUT2D eigenvalue weighted by molar-refractivity contribution is 5.97. The molecule has 7 nitrogen and oxygen atoms in total. The number of halogens is 1. The SMILES string of the molecule is COc1ccc(C(=O)N2CCCCC2c2nc(-c3ccc(F)cc3)no2)c(OC)c1. The number of carbonyl (C=O) groups is 1. The van der Waals surface area contributed by atoms with Crippen molar-refractivity contribution in [3.63, 3.8) is 0 Å². The van der Waals surface area contributed by atoms with Gasteiger partial charge in [0, 0.05) is 18.2 Å². The second kappa shape index (κ2) is 8.52. The van der Waals surface area contributed by atoms with Crippen molar-refractivity contribution in [3.8, 4) is 22.9 Å². The lowest BCUT2D eigenvalue weighted by molar-refractivity contribution is 0.0558. The molecule has 156 valence electrons. The van der Waals surface area contributed by atoms with Crippen LogP contribution in [-0.2, 0) is 0 Å². The summed E-state index contributed by atoms with van der Waals surface area (Å²) in [6.07, 6.45) is 2.55. The first-order valence-electron chi connectivity index (χ1n) is 9.73. The average molecular weight is 411 g/mol. The highest BCUT2D eigenvalue weighted by Crippen LogP contribution is 2.34. The maximum Gasteiger partial charge on any atom is 0.258 e. The van der Waals surface area contributed by atoms with Gasteiger partial charge in [-0.2, -0.15) is 4.98 Å². The van der Waals surface area contributed by atoms with Crippen LogP contribution in [0.25, 0.3) is 11.4 Å². The van der Waals surface area contributed by atoms with Gasteiger partial charge in [0.2, 0.25) is 11.7 Å². The van der Waals surface area contributed by atoms with E-state index in [0.29, 0.717) is 40.9 Å². The molecule has 2 heterocycles. The molecule has 1 saturated heterocycles. The van der Waals surface area contributed by atoms with Gasteiger partial charge in [-0.05, 0) is 55.7 Å². The van der Waals surface area contributed by atoms with Crippen LogP contribution in [0.3, 0.4) is 0 Å². The molecule has 1 atom stereocenters. The molecule has 4 rings (SSSR count). The number of amides is 1. The fourth-order valence-corrected chi connectivity index (χ4v) is 3.65. The van der Waals surface area contributed by atoms with E-state index < -0.39 is 0 Å². The summed E-state index contributed by atoms with van der Waals surface area (Å²) >= 11 is 0. The molecule has 8 heteroatoms. The van der Waals surface area contributed by atoms with E-state index in [0.717, 1.165) is 19.3 Å². The van der Waals surface area contributed by atoms with Crippen molar-refractivity contribution < 1.29 is 23.2 Å². The van der Waals surface area contributed by atoms with Crippen molar-refractivity contribution in [2.24, 2.45) is 0 Å². The largest absolute Gasteiger partial charge is 0.497 e. The lowest BCUT2D eigenvalue weighted by Crippen LogP contribution is -2.38. The molecule has 1 aromatic heterocycles. The Kier molecular flexibility index (Phi) is 5.65. The molecule has 0 bridgehead atoms. The van der Waals surface area contributed by atoms with E-state index in [1.165, 1.54) is 19.2 Å². The van der Waals surface area contributed by atoms with Gasteiger partial charge in [-0.15, -0.1) is 0 Å². The number of hydrogen-bond acceptors (Lipinski definition) is 6. The number of ether oxygens (including phenoxy) is 2. The van der Waals surface area contributed by atoms with Crippen LogP contribution in [0.1, 0.15) is 41.6 Å². The van der Waals surface area contributed by atoms with Crippen molar-refractivity contribution in [3.05, 3.63) is 59.7 Å². The first-order valence-corrected chi connectivity index (χ1v) is 9.73. The molecule has 1 aliphatic rings. The van der Waals surface area contributed by atoms with Gasteiger partial charge < -0.3 is 18.9 Å². The van der Waals surface area contributed by atoms with Crippen molar-refractivity contribution in [2.75, 3.05) is 20.8 Å². The van der Waals surface area contributed by atoms with Gasteiger partial charge in [0.15, 0.2) is 0 Å². The van der Waals surface area contributed by atoms with Gasteiger partial charge in [-0.1, -0.05) is 5.16 Å². The Labute approximate surface area is 173 Å². The van der Waals surface area contributed by atoms with Gasteiger partial charge >= 0.3 is 0 Å². The third-order valence-corrected chi connectivity index (χ3v) is 5.23. The average Bonchev–Trinajstić information content (AvgIpc) is 3.28. The fraction of sp³-hybridized carbons (Fsp3) is 0.318. The third kappa shape index (κ3) is 3.85. The van der Waals surface area contributed by atoms with Crippen LogP contribution in [0.5, 0.6) is 11.5 Å². The number of likely N-dealkylation sites (tertiary alicyclic amines) is 1. The highest BCUT2D eigenvalue weighted by atomic mass is 19.1. The Morgan fingerprint density at radius 3 is 2.67 bits per heavy atom. The quantitative estimate of drug-likeness (QED) is 0.624. The molecule has 0 radical (unpaired) electrons. The molecule has 0 N–H and O–H groups in total. The molecule has 30 heavy (non-hydrogen) atoms. The lowest BCUT2D eigenvalue weighted by atomic mass is 10.00. The van der Waals surface area contributed by atoms with Gasteiger partial charge in [0.05, 0.1) is 19.8 Å². The van der Waals surface area contributed by atoms with Crippen LogP contribution in [0, 0.1) is 5.82 Å². The zero-order chi connectivity index (χ0) is 21.1. The molecule has 1 unspecified atom stereocenters. The van der Waals surface area contributed by atoms with E-state index >= 15 is 0 Å². The van der Waals surface area contributed by atoms with Crippen molar-refractivity contribution in [2.45, 2.75) is 25.3 Å². The summed E-state index contributed by atoms with van der Waals surface area (Å²) in [6.45, 7) is 0.576. The van der Waals surface area contributed by atoms with Crippen LogP contribution in [-0.4, -0.2) is 41.7 Å². The summed E-state index contributed by atoms with van der Waals surface area (Å²) in [6, 6.07) is 10.7. The minimum Gasteiger partial charge on any atom is -0.497 e. The minimum atomic E-state index is -0.334. The van der Waals surface area contributed by atoms with Gasteiger partial charge in [0.1, 0.15) is 23.4 Å². The number of piperidine rings is 1. The third-order valence-electron chi connectivity index (χ3n) is 5.23. The van der Waals surface area contributed by atoms with Gasteiger partial charge in [-0.3, -0.25) is 4.79 Å². The van der Waals surface area contributed by atoms with E-state index in [4.69, 9.17) is 14.0 Å². The molecular weight excluding hydrogens is 389 g/mol. The van der Waals surface area contributed by atoms with Crippen LogP contribution < -0.4 is 9.47 Å². The Hall–Kier alpha value is -3.42. The number of rotatable bonds is 5.